The van der Waals surface area contributed by atoms with Crippen LogP contribution in [0.3, 0.4) is 0 Å². The third kappa shape index (κ3) is 5.37. The molecule has 0 atom stereocenters. The summed E-state index contributed by atoms with van der Waals surface area (Å²) in [7, 11) is 1.82. The second-order valence-corrected chi connectivity index (χ2v) is 8.34. The molecule has 0 saturated heterocycles. The average Bonchev–Trinajstić information content (AvgIpc) is 3.01. The summed E-state index contributed by atoms with van der Waals surface area (Å²) in [4.78, 5) is 29.9. The molecular formula is C26H32N2O4. The lowest BCUT2D eigenvalue weighted by molar-refractivity contribution is -0.137. The standard InChI is InChI=1S/C26H32N2O4/c1-18(2)31-17-9-16-28-25(29)23(20-12-14-22(15-13-20)32-19(3)4)24(26(28)30)27(5)21-10-7-6-8-11-21/h6-8,10-15,18-19H,9,16-17H2,1-5H3. The molecule has 0 radical (unpaired) electrons. The molecule has 2 aromatic rings. The van der Waals surface area contributed by atoms with Crippen LogP contribution in [-0.4, -0.2) is 49.1 Å². The maximum atomic E-state index is 13.4. The zero-order valence-electron chi connectivity index (χ0n) is 19.5. The van der Waals surface area contributed by atoms with Crippen molar-refractivity contribution < 1.29 is 19.1 Å². The highest BCUT2D eigenvalue weighted by molar-refractivity contribution is 6.36. The van der Waals surface area contributed by atoms with E-state index in [1.54, 1.807) is 4.90 Å². The van der Waals surface area contributed by atoms with E-state index in [0.29, 0.717) is 36.4 Å². The normalized spacial score (nSPS) is 14.2. The van der Waals surface area contributed by atoms with Gasteiger partial charge in [0.15, 0.2) is 0 Å². The summed E-state index contributed by atoms with van der Waals surface area (Å²) in [5.74, 6) is 0.153. The van der Waals surface area contributed by atoms with Crippen LogP contribution in [0.5, 0.6) is 5.75 Å². The molecule has 6 nitrogen and oxygen atoms in total. The van der Waals surface area contributed by atoms with Crippen molar-refractivity contribution in [3.63, 3.8) is 0 Å². The molecule has 1 heterocycles. The van der Waals surface area contributed by atoms with Crippen LogP contribution in [0.25, 0.3) is 5.57 Å². The van der Waals surface area contributed by atoms with Crippen LogP contribution in [0.4, 0.5) is 5.69 Å². The minimum absolute atomic E-state index is 0.0538. The molecule has 0 bridgehead atoms. The van der Waals surface area contributed by atoms with Gasteiger partial charge in [-0.1, -0.05) is 30.3 Å². The predicted octanol–water partition coefficient (Wildman–Crippen LogP) is 4.51. The molecule has 32 heavy (non-hydrogen) atoms. The number of benzene rings is 2. The first-order chi connectivity index (χ1) is 15.3. The molecule has 170 valence electrons. The van der Waals surface area contributed by atoms with E-state index in [-0.39, 0.29) is 24.0 Å². The van der Waals surface area contributed by atoms with E-state index < -0.39 is 0 Å². The quantitative estimate of drug-likeness (QED) is 0.405. The van der Waals surface area contributed by atoms with Crippen LogP contribution in [0.2, 0.25) is 0 Å². The number of likely N-dealkylation sites (N-methyl/N-ethyl adjacent to an activating group) is 1. The lowest BCUT2D eigenvalue weighted by Gasteiger charge is -2.21. The molecule has 0 spiro atoms. The summed E-state index contributed by atoms with van der Waals surface area (Å²) in [5, 5.41) is 0. The highest BCUT2D eigenvalue weighted by Gasteiger charge is 2.40. The summed E-state index contributed by atoms with van der Waals surface area (Å²) in [5.41, 5.74) is 2.31. The van der Waals surface area contributed by atoms with Gasteiger partial charge in [0.05, 0.1) is 17.8 Å². The fourth-order valence-corrected chi connectivity index (χ4v) is 3.63. The number of ether oxygens (including phenoxy) is 2. The third-order valence-corrected chi connectivity index (χ3v) is 5.11. The Morgan fingerprint density at radius 2 is 1.53 bits per heavy atom. The topological polar surface area (TPSA) is 59.1 Å². The number of para-hydroxylation sites is 1. The molecule has 0 unspecified atom stereocenters. The molecular weight excluding hydrogens is 404 g/mol. The van der Waals surface area contributed by atoms with E-state index in [9.17, 15) is 9.59 Å². The molecule has 2 aromatic carbocycles. The van der Waals surface area contributed by atoms with Crippen molar-refractivity contribution in [1.82, 2.24) is 4.90 Å². The van der Waals surface area contributed by atoms with Gasteiger partial charge in [0.1, 0.15) is 11.4 Å². The summed E-state index contributed by atoms with van der Waals surface area (Å²) in [6, 6.07) is 16.9. The van der Waals surface area contributed by atoms with E-state index >= 15 is 0 Å². The first-order valence-corrected chi connectivity index (χ1v) is 11.1. The highest BCUT2D eigenvalue weighted by Crippen LogP contribution is 2.34. The Morgan fingerprint density at radius 1 is 0.875 bits per heavy atom. The zero-order chi connectivity index (χ0) is 23.3. The number of rotatable bonds is 10. The molecule has 6 heteroatoms. The molecule has 0 aliphatic carbocycles. The van der Waals surface area contributed by atoms with Gasteiger partial charge >= 0.3 is 0 Å². The molecule has 0 saturated carbocycles. The summed E-state index contributed by atoms with van der Waals surface area (Å²) in [6.07, 6.45) is 0.755. The predicted molar refractivity (Wildman–Crippen MR) is 126 cm³/mol. The van der Waals surface area contributed by atoms with E-state index in [0.717, 1.165) is 11.4 Å². The largest absolute Gasteiger partial charge is 0.491 e. The van der Waals surface area contributed by atoms with Crippen LogP contribution < -0.4 is 9.64 Å². The number of imide groups is 1. The Kier molecular flexibility index (Phi) is 7.70. The molecule has 2 amide bonds. The Morgan fingerprint density at radius 3 is 2.12 bits per heavy atom. The van der Waals surface area contributed by atoms with Gasteiger partial charge in [-0.3, -0.25) is 14.5 Å². The van der Waals surface area contributed by atoms with E-state index in [4.69, 9.17) is 9.47 Å². The fraction of sp³-hybridized carbons (Fsp3) is 0.385. The van der Waals surface area contributed by atoms with Crippen molar-refractivity contribution in [3.8, 4) is 5.75 Å². The molecule has 0 aromatic heterocycles. The second kappa shape index (κ2) is 10.5. The fourth-order valence-electron chi connectivity index (χ4n) is 3.63. The monoisotopic (exact) mass is 436 g/mol. The van der Waals surface area contributed by atoms with Crippen molar-refractivity contribution in [2.45, 2.75) is 46.3 Å². The van der Waals surface area contributed by atoms with Crippen LogP contribution in [0.1, 0.15) is 39.7 Å². The van der Waals surface area contributed by atoms with Gasteiger partial charge in [-0.05, 0) is 63.9 Å². The van der Waals surface area contributed by atoms with Gasteiger partial charge in [-0.2, -0.15) is 0 Å². The first-order valence-electron chi connectivity index (χ1n) is 11.1. The van der Waals surface area contributed by atoms with Crippen LogP contribution >= 0.6 is 0 Å². The minimum atomic E-state index is -0.289. The van der Waals surface area contributed by atoms with Gasteiger partial charge in [0.25, 0.3) is 11.8 Å². The minimum Gasteiger partial charge on any atom is -0.491 e. The van der Waals surface area contributed by atoms with Gasteiger partial charge < -0.3 is 14.4 Å². The van der Waals surface area contributed by atoms with Crippen molar-refractivity contribution in [3.05, 3.63) is 65.9 Å². The number of anilines is 1. The first kappa shape index (κ1) is 23.5. The van der Waals surface area contributed by atoms with Crippen LogP contribution in [0.15, 0.2) is 60.3 Å². The van der Waals surface area contributed by atoms with Gasteiger partial charge in [0, 0.05) is 25.9 Å². The summed E-state index contributed by atoms with van der Waals surface area (Å²) >= 11 is 0. The third-order valence-electron chi connectivity index (χ3n) is 5.11. The number of hydrogen-bond donors (Lipinski definition) is 0. The lowest BCUT2D eigenvalue weighted by Crippen LogP contribution is -2.35. The molecule has 1 aliphatic rings. The Bertz CT molecular complexity index is 965. The van der Waals surface area contributed by atoms with E-state index in [2.05, 4.69) is 0 Å². The SMILES string of the molecule is CC(C)OCCCN1C(=O)C(c2ccc(OC(C)C)cc2)=C(N(C)c2ccccc2)C1=O. The Labute approximate surface area is 190 Å². The van der Waals surface area contributed by atoms with Crippen molar-refractivity contribution in [2.75, 3.05) is 25.1 Å². The number of carbonyl (C=O) groups excluding carboxylic acids is 2. The summed E-state index contributed by atoms with van der Waals surface area (Å²) < 4.78 is 11.3. The number of nitrogens with zero attached hydrogens (tertiary/aromatic N) is 2. The van der Waals surface area contributed by atoms with Crippen molar-refractivity contribution in [2.24, 2.45) is 0 Å². The maximum Gasteiger partial charge on any atom is 0.278 e. The van der Waals surface area contributed by atoms with Crippen molar-refractivity contribution >= 4 is 23.1 Å². The Balaban J connectivity index is 1.94. The maximum absolute atomic E-state index is 13.4. The molecule has 0 fully saturated rings. The molecule has 3 rings (SSSR count). The van der Waals surface area contributed by atoms with Crippen LogP contribution in [-0.2, 0) is 14.3 Å². The molecule has 1 aliphatic heterocycles. The lowest BCUT2D eigenvalue weighted by atomic mass is 10.0. The average molecular weight is 437 g/mol. The number of amides is 2. The van der Waals surface area contributed by atoms with E-state index in [1.807, 2.05) is 89.3 Å². The number of carbonyl (C=O) groups is 2. The molecule has 0 N–H and O–H groups in total. The smallest absolute Gasteiger partial charge is 0.278 e. The number of hydrogen-bond acceptors (Lipinski definition) is 5. The van der Waals surface area contributed by atoms with Gasteiger partial charge in [0.2, 0.25) is 0 Å². The summed E-state index contributed by atoms with van der Waals surface area (Å²) in [6.45, 7) is 8.66. The second-order valence-electron chi connectivity index (χ2n) is 8.34. The van der Waals surface area contributed by atoms with Gasteiger partial charge in [-0.15, -0.1) is 0 Å². The highest BCUT2D eigenvalue weighted by atomic mass is 16.5. The van der Waals surface area contributed by atoms with Gasteiger partial charge in [-0.25, -0.2) is 0 Å². The van der Waals surface area contributed by atoms with E-state index in [1.165, 1.54) is 4.90 Å². The van der Waals surface area contributed by atoms with Crippen LogP contribution in [0, 0.1) is 0 Å². The van der Waals surface area contributed by atoms with Crippen molar-refractivity contribution in [1.29, 1.82) is 0 Å². The zero-order valence-corrected chi connectivity index (χ0v) is 19.5. The Hall–Kier alpha value is -3.12.